The Morgan fingerprint density at radius 1 is 1.08 bits per heavy atom. The van der Waals surface area contributed by atoms with Crippen LogP contribution in [0.15, 0.2) is 49.2 Å². The van der Waals surface area contributed by atoms with Gasteiger partial charge in [0.25, 0.3) is 5.91 Å². The Hall–Kier alpha value is -3.36. The third-order valence-electron chi connectivity index (χ3n) is 3.54. The highest BCUT2D eigenvalue weighted by molar-refractivity contribution is 6.04. The average Bonchev–Trinajstić information content (AvgIpc) is 2.62. The van der Waals surface area contributed by atoms with Crippen LogP contribution in [0.3, 0.4) is 0 Å². The monoisotopic (exact) mass is 359 g/mol. The summed E-state index contributed by atoms with van der Waals surface area (Å²) in [7, 11) is 0. The number of alkyl halides is 3. The largest absolute Gasteiger partial charge is 0.416 e. The zero-order chi connectivity index (χ0) is 18.7. The van der Waals surface area contributed by atoms with Crippen LogP contribution in [0.1, 0.15) is 21.6 Å². The fourth-order valence-corrected chi connectivity index (χ4v) is 2.19. The van der Waals surface area contributed by atoms with E-state index in [1.165, 1.54) is 37.1 Å². The Labute approximate surface area is 146 Å². The molecule has 0 atom stereocenters. The third kappa shape index (κ3) is 3.82. The number of nitrogens with one attached hydrogen (secondary N) is 1. The van der Waals surface area contributed by atoms with Crippen molar-refractivity contribution in [1.82, 2.24) is 19.9 Å². The van der Waals surface area contributed by atoms with Crippen molar-refractivity contribution in [2.45, 2.75) is 13.1 Å². The SMILES string of the molecule is Cc1ncncc1C(=O)Nc1cnc(-c2cccc(C(F)(F)F)c2)cn1. The van der Waals surface area contributed by atoms with Gasteiger partial charge in [0.05, 0.1) is 34.9 Å². The van der Waals surface area contributed by atoms with Crippen molar-refractivity contribution in [3.05, 3.63) is 66.0 Å². The molecular formula is C17H12F3N5O. The number of hydrogen-bond donors (Lipinski definition) is 1. The zero-order valence-electron chi connectivity index (χ0n) is 13.4. The number of aryl methyl sites for hydroxylation is 1. The van der Waals surface area contributed by atoms with Gasteiger partial charge < -0.3 is 5.32 Å². The Balaban J connectivity index is 1.79. The average molecular weight is 359 g/mol. The molecule has 2 aromatic heterocycles. The van der Waals surface area contributed by atoms with Gasteiger partial charge >= 0.3 is 6.18 Å². The summed E-state index contributed by atoms with van der Waals surface area (Å²) in [5.41, 5.74) is 0.557. The van der Waals surface area contributed by atoms with Crippen LogP contribution < -0.4 is 5.32 Å². The van der Waals surface area contributed by atoms with Crippen LogP contribution in [0.2, 0.25) is 0 Å². The standard InChI is InChI=1S/C17H12F3N5O/c1-10-13(6-21-9-24-10)16(26)25-15-8-22-14(7-23-15)11-3-2-4-12(5-11)17(18,19)20/h2-9H,1H3,(H,23,25,26). The Morgan fingerprint density at radius 3 is 2.54 bits per heavy atom. The molecule has 0 aliphatic heterocycles. The van der Waals surface area contributed by atoms with E-state index in [-0.39, 0.29) is 22.6 Å². The minimum Gasteiger partial charge on any atom is -0.305 e. The fourth-order valence-electron chi connectivity index (χ4n) is 2.19. The van der Waals surface area contributed by atoms with E-state index in [1.807, 2.05) is 0 Å². The molecule has 0 spiro atoms. The molecule has 26 heavy (non-hydrogen) atoms. The maximum absolute atomic E-state index is 12.8. The molecule has 0 aliphatic carbocycles. The first-order chi connectivity index (χ1) is 12.3. The van der Waals surface area contributed by atoms with Crippen LogP contribution in [-0.2, 0) is 6.18 Å². The smallest absolute Gasteiger partial charge is 0.305 e. The highest BCUT2D eigenvalue weighted by atomic mass is 19.4. The van der Waals surface area contributed by atoms with Crippen molar-refractivity contribution in [2.75, 3.05) is 5.32 Å². The van der Waals surface area contributed by atoms with Crippen LogP contribution in [0.25, 0.3) is 11.3 Å². The molecule has 0 unspecified atom stereocenters. The molecule has 0 aliphatic rings. The minimum atomic E-state index is -4.44. The summed E-state index contributed by atoms with van der Waals surface area (Å²) in [6, 6.07) is 4.78. The van der Waals surface area contributed by atoms with Crippen LogP contribution >= 0.6 is 0 Å². The number of hydrogen-bond acceptors (Lipinski definition) is 5. The Morgan fingerprint density at radius 2 is 1.88 bits per heavy atom. The molecule has 3 rings (SSSR count). The van der Waals surface area contributed by atoms with Gasteiger partial charge in [-0.15, -0.1) is 0 Å². The van der Waals surface area contributed by atoms with Crippen LogP contribution in [0.4, 0.5) is 19.0 Å². The zero-order valence-corrected chi connectivity index (χ0v) is 13.4. The van der Waals surface area contributed by atoms with E-state index < -0.39 is 17.6 Å². The number of amides is 1. The van der Waals surface area contributed by atoms with Crippen molar-refractivity contribution in [2.24, 2.45) is 0 Å². The lowest BCUT2D eigenvalue weighted by atomic mass is 10.1. The molecule has 1 amide bonds. The number of anilines is 1. The Kier molecular flexibility index (Phi) is 4.61. The summed E-state index contributed by atoms with van der Waals surface area (Å²) < 4.78 is 38.4. The second kappa shape index (κ2) is 6.87. The topological polar surface area (TPSA) is 80.7 Å². The van der Waals surface area contributed by atoms with Gasteiger partial charge in [0.1, 0.15) is 6.33 Å². The predicted octanol–water partition coefficient (Wildman–Crippen LogP) is 3.51. The maximum Gasteiger partial charge on any atom is 0.416 e. The molecule has 6 nitrogen and oxygen atoms in total. The molecule has 9 heteroatoms. The molecule has 2 heterocycles. The van der Waals surface area contributed by atoms with Gasteiger partial charge in [-0.1, -0.05) is 12.1 Å². The van der Waals surface area contributed by atoms with Crippen molar-refractivity contribution in [1.29, 1.82) is 0 Å². The molecule has 0 fully saturated rings. The molecule has 0 radical (unpaired) electrons. The summed E-state index contributed by atoms with van der Waals surface area (Å²) in [5.74, 6) is -0.293. The molecule has 3 aromatic rings. The number of halogens is 3. The van der Waals surface area contributed by atoms with Gasteiger partial charge in [-0.2, -0.15) is 13.2 Å². The molecule has 0 bridgehead atoms. The van der Waals surface area contributed by atoms with Gasteiger partial charge in [-0.3, -0.25) is 9.78 Å². The van der Waals surface area contributed by atoms with Gasteiger partial charge in [0, 0.05) is 11.8 Å². The predicted molar refractivity (Wildman–Crippen MR) is 87.2 cm³/mol. The maximum atomic E-state index is 12.8. The first kappa shape index (κ1) is 17.5. The lowest BCUT2D eigenvalue weighted by Gasteiger charge is -2.09. The lowest BCUT2D eigenvalue weighted by Crippen LogP contribution is -2.15. The van der Waals surface area contributed by atoms with Gasteiger partial charge in [0.2, 0.25) is 0 Å². The Bertz CT molecular complexity index is 942. The number of carbonyl (C=O) groups excluding carboxylic acids is 1. The summed E-state index contributed by atoms with van der Waals surface area (Å²) in [6.45, 7) is 1.67. The molecule has 132 valence electrons. The molecule has 1 N–H and O–H groups in total. The number of nitrogens with zero attached hydrogens (tertiary/aromatic N) is 4. The second-order valence-corrected chi connectivity index (χ2v) is 5.34. The number of rotatable bonds is 3. The molecule has 0 saturated heterocycles. The normalized spacial score (nSPS) is 11.2. The van der Waals surface area contributed by atoms with Crippen LogP contribution in [0, 0.1) is 6.92 Å². The first-order valence-corrected chi connectivity index (χ1v) is 7.42. The highest BCUT2D eigenvalue weighted by Gasteiger charge is 2.30. The second-order valence-electron chi connectivity index (χ2n) is 5.34. The number of benzene rings is 1. The summed E-state index contributed by atoms with van der Waals surface area (Å²) in [6.07, 6.45) is 0.830. The van der Waals surface area contributed by atoms with Crippen molar-refractivity contribution < 1.29 is 18.0 Å². The van der Waals surface area contributed by atoms with Crippen LogP contribution in [0.5, 0.6) is 0 Å². The van der Waals surface area contributed by atoms with Gasteiger partial charge in [-0.25, -0.2) is 15.0 Å². The number of carbonyl (C=O) groups is 1. The summed E-state index contributed by atoms with van der Waals surface area (Å²) >= 11 is 0. The lowest BCUT2D eigenvalue weighted by molar-refractivity contribution is -0.137. The van der Waals surface area contributed by atoms with Crippen molar-refractivity contribution >= 4 is 11.7 Å². The minimum absolute atomic E-state index is 0.161. The van der Waals surface area contributed by atoms with Gasteiger partial charge in [0.15, 0.2) is 5.82 Å². The molecular weight excluding hydrogens is 347 g/mol. The third-order valence-corrected chi connectivity index (χ3v) is 3.54. The van der Waals surface area contributed by atoms with E-state index in [0.29, 0.717) is 5.69 Å². The van der Waals surface area contributed by atoms with E-state index in [2.05, 4.69) is 25.3 Å². The van der Waals surface area contributed by atoms with Crippen molar-refractivity contribution in [3.8, 4) is 11.3 Å². The van der Waals surface area contributed by atoms with E-state index in [1.54, 1.807) is 6.92 Å². The molecule has 0 saturated carbocycles. The van der Waals surface area contributed by atoms with Gasteiger partial charge in [-0.05, 0) is 19.1 Å². The quantitative estimate of drug-likeness (QED) is 0.774. The number of aromatic nitrogens is 4. The van der Waals surface area contributed by atoms with Crippen LogP contribution in [-0.4, -0.2) is 25.8 Å². The van der Waals surface area contributed by atoms with E-state index >= 15 is 0 Å². The van der Waals surface area contributed by atoms with E-state index in [0.717, 1.165) is 12.1 Å². The fraction of sp³-hybridized carbons (Fsp3) is 0.118. The first-order valence-electron chi connectivity index (χ1n) is 7.42. The molecule has 1 aromatic carbocycles. The highest BCUT2D eigenvalue weighted by Crippen LogP contribution is 2.31. The van der Waals surface area contributed by atoms with E-state index in [4.69, 9.17) is 0 Å². The summed E-state index contributed by atoms with van der Waals surface area (Å²) in [5, 5.41) is 2.54. The van der Waals surface area contributed by atoms with Crippen molar-refractivity contribution in [3.63, 3.8) is 0 Å². The van der Waals surface area contributed by atoms with E-state index in [9.17, 15) is 18.0 Å². The summed E-state index contributed by atoms with van der Waals surface area (Å²) in [4.78, 5) is 28.0.